The third-order valence-electron chi connectivity index (χ3n) is 3.55. The Balaban J connectivity index is 2.17. The van der Waals surface area contributed by atoms with Crippen LogP contribution in [-0.2, 0) is 19.6 Å². The first-order valence-corrected chi connectivity index (χ1v) is 11.1. The number of hydrogen-bond donors (Lipinski definition) is 3. The number of esters is 1. The highest BCUT2D eigenvalue weighted by Crippen LogP contribution is 2.16. The molecule has 0 fully saturated rings. The smallest absolute Gasteiger partial charge is 0.345 e. The second kappa shape index (κ2) is 9.37. The van der Waals surface area contributed by atoms with Crippen molar-refractivity contribution in [1.82, 2.24) is 10.0 Å². The van der Waals surface area contributed by atoms with Crippen molar-refractivity contribution in [2.45, 2.75) is 37.3 Å². The topological polar surface area (TPSA) is 139 Å². The molecule has 30 heavy (non-hydrogen) atoms. The third-order valence-corrected chi connectivity index (χ3v) is 6.11. The van der Waals surface area contributed by atoms with Crippen LogP contribution in [0.2, 0.25) is 0 Å². The highest BCUT2D eigenvalue weighted by atomic mass is 32.2. The molecular weight excluding hydrogens is 432 g/mol. The van der Waals surface area contributed by atoms with E-state index >= 15 is 0 Å². The summed E-state index contributed by atoms with van der Waals surface area (Å²) in [4.78, 5) is 35.8. The van der Waals surface area contributed by atoms with Gasteiger partial charge in [-0.1, -0.05) is 18.2 Å². The van der Waals surface area contributed by atoms with Gasteiger partial charge in [0, 0.05) is 6.54 Å². The van der Waals surface area contributed by atoms with Crippen LogP contribution in [0.1, 0.15) is 40.1 Å². The molecule has 1 aromatic carbocycles. The Bertz CT molecular complexity index is 1020. The van der Waals surface area contributed by atoms with E-state index in [4.69, 9.17) is 9.84 Å². The van der Waals surface area contributed by atoms with Gasteiger partial charge in [0.05, 0.1) is 9.77 Å². The van der Waals surface area contributed by atoms with Crippen LogP contribution in [0, 0.1) is 0 Å². The molecular formula is C19H22N2O7S2. The Kier molecular flexibility index (Phi) is 7.34. The van der Waals surface area contributed by atoms with E-state index in [1.165, 1.54) is 36.4 Å². The average molecular weight is 455 g/mol. The van der Waals surface area contributed by atoms with Gasteiger partial charge in [-0.15, -0.1) is 11.3 Å². The summed E-state index contributed by atoms with van der Waals surface area (Å²) in [6.45, 7) is 4.50. The zero-order valence-corrected chi connectivity index (χ0v) is 18.2. The van der Waals surface area contributed by atoms with Gasteiger partial charge in [-0.25, -0.2) is 13.2 Å². The Hall–Kier alpha value is -2.76. The lowest BCUT2D eigenvalue weighted by molar-refractivity contribution is -0.156. The Morgan fingerprint density at radius 1 is 1.07 bits per heavy atom. The minimum absolute atomic E-state index is 0.0198. The number of thiophene rings is 1. The summed E-state index contributed by atoms with van der Waals surface area (Å²) in [5.74, 6) is -2.67. The molecule has 2 rings (SSSR count). The second-order valence-corrected chi connectivity index (χ2v) is 10.00. The summed E-state index contributed by atoms with van der Waals surface area (Å²) < 4.78 is 32.7. The summed E-state index contributed by atoms with van der Waals surface area (Å²) in [5, 5.41) is 11.4. The second-order valence-electron chi connectivity index (χ2n) is 7.20. The van der Waals surface area contributed by atoms with Gasteiger partial charge >= 0.3 is 11.9 Å². The summed E-state index contributed by atoms with van der Waals surface area (Å²) >= 11 is 0.763. The first-order valence-electron chi connectivity index (χ1n) is 8.80. The number of aromatic carboxylic acids is 1. The van der Waals surface area contributed by atoms with Crippen molar-refractivity contribution in [3.63, 3.8) is 0 Å². The van der Waals surface area contributed by atoms with E-state index in [1.54, 1.807) is 26.8 Å². The number of carboxylic acid groups (broad SMARTS) is 1. The first-order chi connectivity index (χ1) is 13.9. The number of sulfonamides is 1. The van der Waals surface area contributed by atoms with Gasteiger partial charge in [0.25, 0.3) is 5.91 Å². The number of ether oxygens (including phenoxy) is 1. The predicted molar refractivity (Wildman–Crippen MR) is 110 cm³/mol. The lowest BCUT2D eigenvalue weighted by Crippen LogP contribution is -2.50. The number of benzene rings is 1. The monoisotopic (exact) mass is 454 g/mol. The number of carboxylic acids is 1. The molecule has 0 radical (unpaired) electrons. The number of rotatable bonds is 8. The van der Waals surface area contributed by atoms with E-state index in [1.807, 2.05) is 0 Å². The average Bonchev–Trinajstić information content (AvgIpc) is 3.14. The molecule has 0 aliphatic heterocycles. The maximum Gasteiger partial charge on any atom is 0.345 e. The van der Waals surface area contributed by atoms with E-state index in [0.29, 0.717) is 0 Å². The van der Waals surface area contributed by atoms with Crippen molar-refractivity contribution in [3.05, 3.63) is 52.2 Å². The van der Waals surface area contributed by atoms with Crippen molar-refractivity contribution in [2.24, 2.45) is 0 Å². The number of amides is 1. The van der Waals surface area contributed by atoms with Crippen LogP contribution in [-0.4, -0.2) is 49.6 Å². The van der Waals surface area contributed by atoms with Gasteiger partial charge in [0.2, 0.25) is 10.0 Å². The fraction of sp³-hybridized carbons (Fsp3) is 0.316. The number of carbonyl (C=O) groups is 3. The van der Waals surface area contributed by atoms with Crippen LogP contribution < -0.4 is 10.0 Å². The number of nitrogens with one attached hydrogen (secondary N) is 2. The molecule has 1 atom stereocenters. The van der Waals surface area contributed by atoms with E-state index in [9.17, 15) is 22.8 Å². The lowest BCUT2D eigenvalue weighted by atomic mass is 10.2. The predicted octanol–water partition coefficient (Wildman–Crippen LogP) is 1.86. The Morgan fingerprint density at radius 3 is 2.20 bits per heavy atom. The molecule has 0 aliphatic carbocycles. The van der Waals surface area contributed by atoms with Crippen LogP contribution in [0.3, 0.4) is 0 Å². The molecule has 1 amide bonds. The molecule has 3 N–H and O–H groups in total. The highest BCUT2D eigenvalue weighted by Gasteiger charge is 2.30. The molecule has 0 bridgehead atoms. The maximum atomic E-state index is 12.6. The molecule has 9 nitrogen and oxygen atoms in total. The van der Waals surface area contributed by atoms with E-state index < -0.39 is 39.5 Å². The highest BCUT2D eigenvalue weighted by molar-refractivity contribution is 7.89. The largest absolute Gasteiger partial charge is 0.477 e. The van der Waals surface area contributed by atoms with Crippen molar-refractivity contribution in [1.29, 1.82) is 0 Å². The quantitative estimate of drug-likeness (QED) is 0.518. The van der Waals surface area contributed by atoms with Gasteiger partial charge in [0.15, 0.2) is 0 Å². The van der Waals surface area contributed by atoms with Crippen molar-refractivity contribution in [2.75, 3.05) is 6.54 Å². The molecule has 0 saturated carbocycles. The molecule has 0 spiro atoms. The molecule has 1 heterocycles. The van der Waals surface area contributed by atoms with Crippen LogP contribution in [0.4, 0.5) is 0 Å². The number of carbonyl (C=O) groups excluding carboxylic acids is 2. The van der Waals surface area contributed by atoms with Gasteiger partial charge < -0.3 is 15.2 Å². The molecule has 2 aromatic rings. The molecule has 1 unspecified atom stereocenters. The summed E-state index contributed by atoms with van der Waals surface area (Å²) in [5.41, 5.74) is -0.873. The zero-order valence-electron chi connectivity index (χ0n) is 16.5. The summed E-state index contributed by atoms with van der Waals surface area (Å²) in [6, 6.07) is 8.68. The van der Waals surface area contributed by atoms with Gasteiger partial charge in [0.1, 0.15) is 16.5 Å². The maximum absolute atomic E-state index is 12.6. The molecule has 1 aromatic heterocycles. The van der Waals surface area contributed by atoms with Gasteiger partial charge in [-0.05, 0) is 45.0 Å². The first kappa shape index (κ1) is 23.5. The molecule has 0 saturated heterocycles. The van der Waals surface area contributed by atoms with Crippen LogP contribution in [0.15, 0.2) is 47.4 Å². The Labute approximate surface area is 178 Å². The van der Waals surface area contributed by atoms with E-state index in [-0.39, 0.29) is 21.2 Å². The number of hydrogen-bond acceptors (Lipinski definition) is 7. The molecule has 0 aliphatic rings. The minimum Gasteiger partial charge on any atom is -0.477 e. The van der Waals surface area contributed by atoms with Gasteiger partial charge in [-0.3, -0.25) is 9.59 Å². The van der Waals surface area contributed by atoms with Crippen molar-refractivity contribution in [3.8, 4) is 0 Å². The minimum atomic E-state index is -4.06. The normalized spacial score (nSPS) is 12.8. The van der Waals surface area contributed by atoms with Crippen LogP contribution in [0.25, 0.3) is 0 Å². The zero-order chi connectivity index (χ0) is 22.5. The van der Waals surface area contributed by atoms with E-state index in [2.05, 4.69) is 10.0 Å². The van der Waals surface area contributed by atoms with Crippen LogP contribution >= 0.6 is 11.3 Å². The fourth-order valence-corrected chi connectivity index (χ4v) is 4.22. The van der Waals surface area contributed by atoms with Gasteiger partial charge in [-0.2, -0.15) is 4.72 Å². The van der Waals surface area contributed by atoms with Crippen molar-refractivity contribution < 1.29 is 32.6 Å². The SMILES string of the molecule is CC(C)(C)OC(=O)C(CNC(=O)c1ccc(C(=O)O)s1)NS(=O)(=O)c1ccccc1. The van der Waals surface area contributed by atoms with Crippen molar-refractivity contribution >= 4 is 39.2 Å². The Morgan fingerprint density at radius 2 is 1.67 bits per heavy atom. The van der Waals surface area contributed by atoms with Crippen LogP contribution in [0.5, 0.6) is 0 Å². The summed E-state index contributed by atoms with van der Waals surface area (Å²) in [6.07, 6.45) is 0. The van der Waals surface area contributed by atoms with E-state index in [0.717, 1.165) is 11.3 Å². The lowest BCUT2D eigenvalue weighted by Gasteiger charge is -2.24. The molecule has 162 valence electrons. The molecule has 11 heteroatoms. The standard InChI is InChI=1S/C19H22N2O7S2/c1-19(2,3)28-18(25)13(21-30(26,27)12-7-5-4-6-8-12)11-20-16(22)14-9-10-15(29-14)17(23)24/h4-10,13,21H,11H2,1-3H3,(H,20,22)(H,23,24). The third kappa shape index (κ3) is 6.65. The summed E-state index contributed by atoms with van der Waals surface area (Å²) in [7, 11) is -4.06. The fourth-order valence-electron chi connectivity index (χ4n) is 2.26.